The lowest BCUT2D eigenvalue weighted by atomic mass is 10.2. The number of hydrogen-bond acceptors (Lipinski definition) is 7. The van der Waals surface area contributed by atoms with E-state index in [4.69, 9.17) is 0 Å². The normalized spacial score (nSPS) is 17.0. The summed E-state index contributed by atoms with van der Waals surface area (Å²) in [6, 6.07) is 1.91. The lowest BCUT2D eigenvalue weighted by molar-refractivity contribution is 0.632. The van der Waals surface area contributed by atoms with Crippen LogP contribution in [0.3, 0.4) is 0 Å². The standard InChI is InChI=1S/C17H23N7/c1-2-18-15-6-7-19-17(22-15)24-10-8-23(9-11-24)16-13-4-3-5-14(13)20-12-21-16/h6-7,12H,2-5,8-11H2,1H3,(H,18,19,22). The minimum absolute atomic E-state index is 0.806. The number of piperazine rings is 1. The molecule has 7 nitrogen and oxygen atoms in total. The smallest absolute Gasteiger partial charge is 0.227 e. The van der Waals surface area contributed by atoms with E-state index in [0.29, 0.717) is 0 Å². The predicted octanol–water partition coefficient (Wildman–Crippen LogP) is 1.51. The molecular formula is C17H23N7. The second kappa shape index (κ2) is 6.59. The summed E-state index contributed by atoms with van der Waals surface area (Å²) in [7, 11) is 0. The fraction of sp³-hybridized carbons (Fsp3) is 0.529. The highest BCUT2D eigenvalue weighted by molar-refractivity contribution is 5.52. The minimum atomic E-state index is 0.806. The zero-order valence-corrected chi connectivity index (χ0v) is 14.1. The third kappa shape index (κ3) is 2.86. The van der Waals surface area contributed by atoms with Crippen molar-refractivity contribution in [1.29, 1.82) is 0 Å². The van der Waals surface area contributed by atoms with Crippen LogP contribution >= 0.6 is 0 Å². The van der Waals surface area contributed by atoms with Crippen LogP contribution in [0.4, 0.5) is 17.6 Å². The number of nitrogens with one attached hydrogen (secondary N) is 1. The number of hydrogen-bond donors (Lipinski definition) is 1. The predicted molar refractivity (Wildman–Crippen MR) is 94.7 cm³/mol. The van der Waals surface area contributed by atoms with Gasteiger partial charge in [0.15, 0.2) is 0 Å². The van der Waals surface area contributed by atoms with Gasteiger partial charge in [0.2, 0.25) is 5.95 Å². The molecule has 126 valence electrons. The summed E-state index contributed by atoms with van der Waals surface area (Å²) in [5.74, 6) is 2.83. The molecule has 0 amide bonds. The van der Waals surface area contributed by atoms with E-state index in [-0.39, 0.29) is 0 Å². The first-order valence-corrected chi connectivity index (χ1v) is 8.74. The van der Waals surface area contributed by atoms with Crippen molar-refractivity contribution in [2.75, 3.05) is 47.8 Å². The van der Waals surface area contributed by atoms with Crippen molar-refractivity contribution in [3.63, 3.8) is 0 Å². The third-order valence-electron chi connectivity index (χ3n) is 4.72. The second-order valence-electron chi connectivity index (χ2n) is 6.22. The monoisotopic (exact) mass is 325 g/mol. The van der Waals surface area contributed by atoms with Crippen LogP contribution in [0.2, 0.25) is 0 Å². The van der Waals surface area contributed by atoms with Crippen molar-refractivity contribution >= 4 is 17.6 Å². The van der Waals surface area contributed by atoms with Crippen molar-refractivity contribution in [1.82, 2.24) is 19.9 Å². The zero-order valence-electron chi connectivity index (χ0n) is 14.1. The van der Waals surface area contributed by atoms with E-state index in [1.54, 1.807) is 6.33 Å². The molecule has 1 fully saturated rings. The minimum Gasteiger partial charge on any atom is -0.370 e. The number of rotatable bonds is 4. The molecule has 7 heteroatoms. The topological polar surface area (TPSA) is 70.1 Å². The van der Waals surface area contributed by atoms with Gasteiger partial charge in [-0.3, -0.25) is 0 Å². The largest absolute Gasteiger partial charge is 0.370 e. The number of fused-ring (bicyclic) bond motifs is 1. The number of aromatic nitrogens is 4. The van der Waals surface area contributed by atoms with E-state index in [1.165, 1.54) is 17.7 Å². The van der Waals surface area contributed by atoms with E-state index in [1.807, 2.05) is 12.3 Å². The average molecular weight is 325 g/mol. The van der Waals surface area contributed by atoms with Gasteiger partial charge < -0.3 is 15.1 Å². The first kappa shape index (κ1) is 15.1. The molecule has 24 heavy (non-hydrogen) atoms. The lowest BCUT2D eigenvalue weighted by Crippen LogP contribution is -2.47. The maximum absolute atomic E-state index is 4.60. The van der Waals surface area contributed by atoms with Crippen LogP contribution in [0.15, 0.2) is 18.6 Å². The van der Waals surface area contributed by atoms with Gasteiger partial charge in [-0.25, -0.2) is 15.0 Å². The van der Waals surface area contributed by atoms with Gasteiger partial charge in [0.1, 0.15) is 18.0 Å². The fourth-order valence-corrected chi connectivity index (χ4v) is 3.51. The number of anilines is 3. The highest BCUT2D eigenvalue weighted by atomic mass is 15.3. The quantitative estimate of drug-likeness (QED) is 0.914. The maximum atomic E-state index is 4.60. The molecule has 1 N–H and O–H groups in total. The van der Waals surface area contributed by atoms with Gasteiger partial charge >= 0.3 is 0 Å². The SMILES string of the molecule is CCNc1ccnc(N2CCN(c3ncnc4c3CCC4)CC2)n1. The van der Waals surface area contributed by atoms with Gasteiger partial charge in [-0.2, -0.15) is 4.98 Å². The van der Waals surface area contributed by atoms with Crippen LogP contribution in [-0.4, -0.2) is 52.7 Å². The summed E-state index contributed by atoms with van der Waals surface area (Å²) in [4.78, 5) is 22.7. The highest BCUT2D eigenvalue weighted by Crippen LogP contribution is 2.28. The van der Waals surface area contributed by atoms with E-state index in [9.17, 15) is 0 Å². The van der Waals surface area contributed by atoms with E-state index in [2.05, 4.69) is 42.0 Å². The Morgan fingerprint density at radius 2 is 1.88 bits per heavy atom. The summed E-state index contributed by atoms with van der Waals surface area (Å²) in [5, 5.41) is 3.24. The van der Waals surface area contributed by atoms with E-state index < -0.39 is 0 Å². The maximum Gasteiger partial charge on any atom is 0.227 e. The van der Waals surface area contributed by atoms with E-state index >= 15 is 0 Å². The van der Waals surface area contributed by atoms with Crippen LogP contribution < -0.4 is 15.1 Å². The molecular weight excluding hydrogens is 302 g/mol. The van der Waals surface area contributed by atoms with Gasteiger partial charge in [-0.05, 0) is 32.3 Å². The van der Waals surface area contributed by atoms with Crippen molar-refractivity contribution in [3.8, 4) is 0 Å². The zero-order chi connectivity index (χ0) is 16.4. The van der Waals surface area contributed by atoms with Crippen molar-refractivity contribution in [2.45, 2.75) is 26.2 Å². The molecule has 2 aliphatic rings. The summed E-state index contributed by atoms with van der Waals surface area (Å²) in [6.07, 6.45) is 6.94. The molecule has 1 aliphatic carbocycles. The van der Waals surface area contributed by atoms with Gasteiger partial charge in [-0.1, -0.05) is 0 Å². The molecule has 2 aromatic rings. The van der Waals surface area contributed by atoms with Crippen molar-refractivity contribution in [2.24, 2.45) is 0 Å². The van der Waals surface area contributed by atoms with Crippen LogP contribution in [-0.2, 0) is 12.8 Å². The summed E-state index contributed by atoms with van der Waals surface area (Å²) >= 11 is 0. The number of nitrogens with zero attached hydrogens (tertiary/aromatic N) is 6. The first-order chi connectivity index (χ1) is 11.8. The molecule has 0 radical (unpaired) electrons. The van der Waals surface area contributed by atoms with Crippen LogP contribution in [0.5, 0.6) is 0 Å². The second-order valence-corrected chi connectivity index (χ2v) is 6.22. The average Bonchev–Trinajstić information content (AvgIpc) is 3.11. The summed E-state index contributed by atoms with van der Waals surface area (Å²) in [6.45, 7) is 6.64. The molecule has 0 unspecified atom stereocenters. The van der Waals surface area contributed by atoms with Crippen LogP contribution in [0, 0.1) is 0 Å². The summed E-state index contributed by atoms with van der Waals surface area (Å²) < 4.78 is 0. The van der Waals surface area contributed by atoms with Crippen molar-refractivity contribution < 1.29 is 0 Å². The Morgan fingerprint density at radius 3 is 2.71 bits per heavy atom. The van der Waals surface area contributed by atoms with E-state index in [0.717, 1.165) is 63.1 Å². The first-order valence-electron chi connectivity index (χ1n) is 8.74. The number of aryl methyl sites for hydroxylation is 1. The molecule has 4 rings (SSSR count). The third-order valence-corrected chi connectivity index (χ3v) is 4.72. The molecule has 3 heterocycles. The van der Waals surface area contributed by atoms with Gasteiger partial charge in [-0.15, -0.1) is 0 Å². The Balaban J connectivity index is 1.46. The van der Waals surface area contributed by atoms with Crippen LogP contribution in [0.25, 0.3) is 0 Å². The van der Waals surface area contributed by atoms with Crippen LogP contribution in [0.1, 0.15) is 24.6 Å². The highest BCUT2D eigenvalue weighted by Gasteiger charge is 2.25. The Morgan fingerprint density at radius 1 is 1.04 bits per heavy atom. The van der Waals surface area contributed by atoms with Gasteiger partial charge in [0.25, 0.3) is 0 Å². The lowest BCUT2D eigenvalue weighted by Gasteiger charge is -2.36. The Hall–Kier alpha value is -2.44. The molecule has 0 atom stereocenters. The molecule has 0 spiro atoms. The van der Waals surface area contributed by atoms with Gasteiger partial charge in [0.05, 0.1) is 0 Å². The molecule has 1 saturated heterocycles. The van der Waals surface area contributed by atoms with Gasteiger partial charge in [0, 0.05) is 50.2 Å². The Bertz CT molecular complexity index is 710. The summed E-state index contributed by atoms with van der Waals surface area (Å²) in [5.41, 5.74) is 2.60. The molecule has 0 bridgehead atoms. The molecule has 1 aliphatic heterocycles. The molecule has 0 saturated carbocycles. The van der Waals surface area contributed by atoms with Crippen molar-refractivity contribution in [3.05, 3.63) is 29.8 Å². The molecule has 2 aromatic heterocycles. The Kier molecular flexibility index (Phi) is 4.15. The Labute approximate surface area is 142 Å². The molecule has 0 aromatic carbocycles. The fourth-order valence-electron chi connectivity index (χ4n) is 3.51.